The molecule has 3 atom stereocenters. The lowest BCUT2D eigenvalue weighted by molar-refractivity contribution is -0.119. The molecule has 0 radical (unpaired) electrons. The number of hydrogen-bond donors (Lipinski definition) is 1. The molecule has 0 bridgehead atoms. The van der Waals surface area contributed by atoms with Crippen molar-refractivity contribution in [2.45, 2.75) is 46.1 Å². The highest BCUT2D eigenvalue weighted by molar-refractivity contribution is 9.10. The Labute approximate surface area is 213 Å². The van der Waals surface area contributed by atoms with Gasteiger partial charge in [-0.15, -0.1) is 0 Å². The van der Waals surface area contributed by atoms with Gasteiger partial charge in [-0.1, -0.05) is 50.9 Å². The van der Waals surface area contributed by atoms with Gasteiger partial charge in [-0.25, -0.2) is 9.59 Å². The van der Waals surface area contributed by atoms with E-state index in [0.29, 0.717) is 27.0 Å². The van der Waals surface area contributed by atoms with E-state index in [4.69, 9.17) is 21.1 Å². The van der Waals surface area contributed by atoms with Crippen LogP contribution in [0.5, 0.6) is 0 Å². The van der Waals surface area contributed by atoms with E-state index in [2.05, 4.69) is 42.0 Å². The minimum atomic E-state index is -0.769. The molecule has 3 rings (SSSR count). The Morgan fingerprint density at radius 1 is 1.09 bits per heavy atom. The summed E-state index contributed by atoms with van der Waals surface area (Å²) >= 11 is 9.31. The summed E-state index contributed by atoms with van der Waals surface area (Å²) in [5.74, 6) is -0.685. The highest BCUT2D eigenvalue weighted by Gasteiger charge is 2.34. The van der Waals surface area contributed by atoms with Crippen LogP contribution in [-0.2, 0) is 14.3 Å². The number of carbonyl (C=O) groups excluding carboxylic acids is 3. The molecule has 8 heteroatoms. The van der Waals surface area contributed by atoms with E-state index in [0.717, 1.165) is 19.3 Å². The summed E-state index contributed by atoms with van der Waals surface area (Å²) in [6, 6.07) is 11.3. The van der Waals surface area contributed by atoms with Crippen LogP contribution in [0.25, 0.3) is 0 Å². The van der Waals surface area contributed by atoms with Crippen molar-refractivity contribution in [3.63, 3.8) is 0 Å². The Morgan fingerprint density at radius 2 is 1.76 bits per heavy atom. The lowest BCUT2D eigenvalue weighted by Gasteiger charge is -2.36. The van der Waals surface area contributed by atoms with Gasteiger partial charge >= 0.3 is 11.9 Å². The Morgan fingerprint density at radius 3 is 2.41 bits per heavy atom. The maximum Gasteiger partial charge on any atom is 0.339 e. The second-order valence-electron chi connectivity index (χ2n) is 9.07. The van der Waals surface area contributed by atoms with E-state index >= 15 is 0 Å². The van der Waals surface area contributed by atoms with Crippen LogP contribution >= 0.6 is 27.5 Å². The first kappa shape index (κ1) is 26.2. The molecule has 6 nitrogen and oxygen atoms in total. The monoisotopic (exact) mass is 549 g/mol. The van der Waals surface area contributed by atoms with Crippen molar-refractivity contribution in [1.82, 2.24) is 0 Å². The third-order valence-corrected chi connectivity index (χ3v) is 7.36. The molecule has 1 saturated carbocycles. The molecule has 1 aliphatic carbocycles. The number of nitrogens with one attached hydrogen (secondary N) is 1. The summed E-state index contributed by atoms with van der Waals surface area (Å²) in [6.45, 7) is 5.93. The predicted octanol–water partition coefficient (Wildman–Crippen LogP) is 6.52. The number of halogens is 2. The zero-order valence-corrected chi connectivity index (χ0v) is 21.8. The van der Waals surface area contributed by atoms with Crippen LogP contribution in [0.1, 0.15) is 60.7 Å². The molecule has 182 valence electrons. The molecule has 0 spiro atoms. The van der Waals surface area contributed by atoms with Crippen LogP contribution in [-0.4, -0.2) is 30.6 Å². The van der Waals surface area contributed by atoms with Crippen molar-refractivity contribution >= 4 is 51.1 Å². The Hall–Kier alpha value is -2.38. The Kier molecular flexibility index (Phi) is 9.14. The molecule has 0 saturated heterocycles. The summed E-state index contributed by atoms with van der Waals surface area (Å²) in [5, 5.41) is 3.05. The van der Waals surface area contributed by atoms with Gasteiger partial charge in [0.25, 0.3) is 5.91 Å². The molecular formula is C26H29BrClNO5. The lowest BCUT2D eigenvalue weighted by atomic mass is 9.75. The van der Waals surface area contributed by atoms with Gasteiger partial charge in [0.05, 0.1) is 16.1 Å². The van der Waals surface area contributed by atoms with Gasteiger partial charge in [-0.2, -0.15) is 0 Å². The van der Waals surface area contributed by atoms with Gasteiger partial charge in [0.15, 0.2) is 6.61 Å². The van der Waals surface area contributed by atoms with Crippen LogP contribution in [0.4, 0.5) is 5.69 Å². The van der Waals surface area contributed by atoms with Crippen molar-refractivity contribution in [1.29, 1.82) is 0 Å². The van der Waals surface area contributed by atoms with E-state index < -0.39 is 24.5 Å². The maximum atomic E-state index is 13.0. The number of anilines is 1. The molecule has 0 heterocycles. The second-order valence-corrected chi connectivity index (χ2v) is 10.3. The number of hydrogen-bond acceptors (Lipinski definition) is 5. The van der Waals surface area contributed by atoms with Crippen LogP contribution in [0.15, 0.2) is 46.9 Å². The SMILES string of the molecule is CC(C)[C@H]1CC[C@@H](C)C[C@@H]1OC(=O)c1ccccc1C(=O)OCC(=O)Nc1ccc(Br)c(Cl)c1. The molecule has 34 heavy (non-hydrogen) atoms. The van der Waals surface area contributed by atoms with Crippen molar-refractivity contribution in [2.75, 3.05) is 11.9 Å². The predicted molar refractivity (Wildman–Crippen MR) is 135 cm³/mol. The number of benzene rings is 2. The molecule has 0 unspecified atom stereocenters. The van der Waals surface area contributed by atoms with Crippen molar-refractivity contribution < 1.29 is 23.9 Å². The van der Waals surface area contributed by atoms with Gasteiger partial charge in [0, 0.05) is 10.2 Å². The zero-order valence-electron chi connectivity index (χ0n) is 19.5. The first-order chi connectivity index (χ1) is 16.2. The van der Waals surface area contributed by atoms with Crippen molar-refractivity contribution in [2.24, 2.45) is 17.8 Å². The largest absolute Gasteiger partial charge is 0.458 e. The number of rotatable bonds is 7. The minimum absolute atomic E-state index is 0.0666. The summed E-state index contributed by atoms with van der Waals surface area (Å²) in [4.78, 5) is 38.0. The molecule has 1 aliphatic rings. The van der Waals surface area contributed by atoms with Gasteiger partial charge in [-0.05, 0) is 76.9 Å². The molecule has 2 aromatic carbocycles. The van der Waals surface area contributed by atoms with Gasteiger partial charge in [0.1, 0.15) is 6.10 Å². The summed E-state index contributed by atoms with van der Waals surface area (Å²) in [5.41, 5.74) is 0.671. The smallest absolute Gasteiger partial charge is 0.339 e. The highest BCUT2D eigenvalue weighted by Crippen LogP contribution is 2.36. The topological polar surface area (TPSA) is 81.7 Å². The van der Waals surface area contributed by atoms with Gasteiger partial charge in [0.2, 0.25) is 0 Å². The fourth-order valence-electron chi connectivity index (χ4n) is 4.27. The Balaban J connectivity index is 1.64. The van der Waals surface area contributed by atoms with Gasteiger partial charge in [-0.3, -0.25) is 4.79 Å². The third-order valence-electron chi connectivity index (χ3n) is 6.12. The van der Waals surface area contributed by atoms with E-state index in [1.807, 2.05) is 0 Å². The van der Waals surface area contributed by atoms with Gasteiger partial charge < -0.3 is 14.8 Å². The second kappa shape index (κ2) is 11.8. The maximum absolute atomic E-state index is 13.0. The summed E-state index contributed by atoms with van der Waals surface area (Å²) < 4.78 is 11.8. The molecule has 1 fully saturated rings. The first-order valence-corrected chi connectivity index (χ1v) is 12.5. The summed E-state index contributed by atoms with van der Waals surface area (Å²) in [6.07, 6.45) is 2.75. The molecule has 2 aromatic rings. The normalized spacial score (nSPS) is 20.0. The first-order valence-electron chi connectivity index (χ1n) is 11.4. The number of amides is 1. The number of ether oxygens (including phenoxy) is 2. The number of esters is 2. The molecule has 1 amide bonds. The van der Waals surface area contributed by atoms with E-state index in [1.54, 1.807) is 36.4 Å². The molecule has 0 aromatic heterocycles. The zero-order chi connectivity index (χ0) is 24.8. The average Bonchev–Trinajstić information content (AvgIpc) is 2.79. The van der Waals surface area contributed by atoms with E-state index in [1.165, 1.54) is 6.07 Å². The molecule has 1 N–H and O–H groups in total. The molecule has 0 aliphatic heterocycles. The minimum Gasteiger partial charge on any atom is -0.458 e. The van der Waals surface area contributed by atoms with Crippen LogP contribution < -0.4 is 5.32 Å². The molecular weight excluding hydrogens is 522 g/mol. The quantitative estimate of drug-likeness (QED) is 0.397. The lowest BCUT2D eigenvalue weighted by Crippen LogP contribution is -2.36. The average molecular weight is 551 g/mol. The number of carbonyl (C=O) groups is 3. The van der Waals surface area contributed by atoms with Crippen LogP contribution in [0.3, 0.4) is 0 Å². The van der Waals surface area contributed by atoms with Crippen LogP contribution in [0, 0.1) is 17.8 Å². The Bertz CT molecular complexity index is 1060. The fourth-order valence-corrected chi connectivity index (χ4v) is 4.70. The highest BCUT2D eigenvalue weighted by atomic mass is 79.9. The standard InChI is InChI=1S/C26H29BrClNO5/c1-15(2)18-10-8-16(3)12-23(18)34-26(32)20-7-5-4-6-19(20)25(31)33-14-24(30)29-17-9-11-21(27)22(28)13-17/h4-7,9,11,13,15-16,18,23H,8,10,12,14H2,1-3H3,(H,29,30)/t16-,18-,23+/m1/s1. The fraction of sp³-hybridized carbons (Fsp3) is 0.423. The van der Waals surface area contributed by atoms with Crippen molar-refractivity contribution in [3.05, 3.63) is 63.1 Å². The third kappa shape index (κ3) is 6.83. The summed E-state index contributed by atoms with van der Waals surface area (Å²) in [7, 11) is 0. The van der Waals surface area contributed by atoms with E-state index in [-0.39, 0.29) is 23.1 Å². The van der Waals surface area contributed by atoms with Crippen molar-refractivity contribution in [3.8, 4) is 0 Å². The van der Waals surface area contributed by atoms with E-state index in [9.17, 15) is 14.4 Å². The van der Waals surface area contributed by atoms with Crippen LogP contribution in [0.2, 0.25) is 5.02 Å².